The molecule has 2 nitrogen and oxygen atoms in total. The molecule has 2 aromatic carbocycles. The molecular formula is C15H15F3N2. The Kier molecular flexibility index (Phi) is 4.42. The lowest BCUT2D eigenvalue weighted by Gasteiger charge is -2.17. The molecule has 0 bridgehead atoms. The topological polar surface area (TPSA) is 38.0 Å². The van der Waals surface area contributed by atoms with Crippen LogP contribution in [0.15, 0.2) is 36.4 Å². The molecule has 0 saturated carbocycles. The van der Waals surface area contributed by atoms with Crippen molar-refractivity contribution >= 4 is 0 Å². The zero-order valence-corrected chi connectivity index (χ0v) is 11.0. The molecule has 0 spiro atoms. The summed E-state index contributed by atoms with van der Waals surface area (Å²) >= 11 is 0. The summed E-state index contributed by atoms with van der Waals surface area (Å²) in [4.78, 5) is 0. The smallest absolute Gasteiger partial charge is 0.162 e. The number of halogens is 3. The van der Waals surface area contributed by atoms with E-state index in [1.54, 1.807) is 19.1 Å². The summed E-state index contributed by atoms with van der Waals surface area (Å²) in [6.07, 6.45) is 0.128. The average molecular weight is 280 g/mol. The van der Waals surface area contributed by atoms with Gasteiger partial charge in [-0.05, 0) is 42.2 Å². The van der Waals surface area contributed by atoms with E-state index in [0.717, 1.165) is 6.07 Å². The summed E-state index contributed by atoms with van der Waals surface area (Å²) in [6.45, 7) is 1.65. The average Bonchev–Trinajstić information content (AvgIpc) is 2.44. The fourth-order valence-corrected chi connectivity index (χ4v) is 2.02. The molecule has 0 saturated heterocycles. The summed E-state index contributed by atoms with van der Waals surface area (Å²) in [5.74, 6) is 3.27. The Bertz CT molecular complexity index is 614. The van der Waals surface area contributed by atoms with E-state index in [1.807, 2.05) is 0 Å². The highest BCUT2D eigenvalue weighted by Crippen LogP contribution is 2.22. The first-order valence-electron chi connectivity index (χ1n) is 6.18. The van der Waals surface area contributed by atoms with Gasteiger partial charge in [-0.2, -0.15) is 0 Å². The Hall–Kier alpha value is -1.85. The monoisotopic (exact) mass is 280 g/mol. The maximum Gasteiger partial charge on any atom is 0.162 e. The molecule has 1 unspecified atom stereocenters. The van der Waals surface area contributed by atoms with Crippen molar-refractivity contribution in [3.63, 3.8) is 0 Å². The van der Waals surface area contributed by atoms with Crippen molar-refractivity contribution in [3.8, 4) is 0 Å². The van der Waals surface area contributed by atoms with Crippen LogP contribution < -0.4 is 11.3 Å². The number of benzene rings is 2. The zero-order valence-electron chi connectivity index (χ0n) is 11.0. The van der Waals surface area contributed by atoms with Gasteiger partial charge in [-0.15, -0.1) is 0 Å². The van der Waals surface area contributed by atoms with Crippen LogP contribution in [0, 0.1) is 24.4 Å². The SMILES string of the molecule is Cc1ccc(C(Cc2cccc(F)c2F)NN)cc1F. The standard InChI is InChI=1S/C15H15F3N2/c1-9-5-6-10(7-13(9)17)14(20-19)8-11-3-2-4-12(16)15(11)18/h2-7,14,20H,8,19H2,1H3. The molecule has 5 heteroatoms. The summed E-state index contributed by atoms with van der Waals surface area (Å²) in [7, 11) is 0. The molecule has 0 fully saturated rings. The second-order valence-corrected chi connectivity index (χ2v) is 4.64. The zero-order chi connectivity index (χ0) is 14.7. The van der Waals surface area contributed by atoms with Gasteiger partial charge in [0.1, 0.15) is 5.82 Å². The van der Waals surface area contributed by atoms with E-state index in [2.05, 4.69) is 5.43 Å². The predicted molar refractivity (Wildman–Crippen MR) is 71.3 cm³/mol. The lowest BCUT2D eigenvalue weighted by atomic mass is 9.98. The molecule has 0 amide bonds. The molecule has 0 aliphatic rings. The van der Waals surface area contributed by atoms with Crippen molar-refractivity contribution in [1.82, 2.24) is 5.43 Å². The quantitative estimate of drug-likeness (QED) is 0.667. The Morgan fingerprint density at radius 3 is 2.50 bits per heavy atom. The number of hydrazine groups is 1. The lowest BCUT2D eigenvalue weighted by molar-refractivity contribution is 0.480. The van der Waals surface area contributed by atoms with E-state index in [4.69, 9.17) is 5.84 Å². The Labute approximate surface area is 115 Å². The number of nitrogens with one attached hydrogen (secondary N) is 1. The molecule has 0 aliphatic carbocycles. The summed E-state index contributed by atoms with van der Waals surface area (Å²) in [5.41, 5.74) is 3.79. The van der Waals surface area contributed by atoms with Gasteiger partial charge in [0.05, 0.1) is 6.04 Å². The molecule has 0 radical (unpaired) electrons. The molecule has 0 aromatic heterocycles. The summed E-state index contributed by atoms with van der Waals surface area (Å²) in [5, 5.41) is 0. The highest BCUT2D eigenvalue weighted by molar-refractivity contribution is 5.28. The molecule has 106 valence electrons. The van der Waals surface area contributed by atoms with Crippen molar-refractivity contribution in [2.24, 2.45) is 5.84 Å². The van der Waals surface area contributed by atoms with E-state index in [9.17, 15) is 13.2 Å². The number of rotatable bonds is 4. The number of aryl methyl sites for hydroxylation is 1. The molecule has 0 aliphatic heterocycles. The minimum Gasteiger partial charge on any atom is -0.271 e. The van der Waals surface area contributed by atoms with Gasteiger partial charge in [-0.1, -0.05) is 24.3 Å². The van der Waals surface area contributed by atoms with E-state index in [-0.39, 0.29) is 17.8 Å². The van der Waals surface area contributed by atoms with Gasteiger partial charge in [-0.25, -0.2) is 13.2 Å². The second-order valence-electron chi connectivity index (χ2n) is 4.64. The number of hydrogen-bond donors (Lipinski definition) is 2. The Morgan fingerprint density at radius 1 is 1.10 bits per heavy atom. The lowest BCUT2D eigenvalue weighted by Crippen LogP contribution is -2.30. The molecular weight excluding hydrogens is 265 g/mol. The van der Waals surface area contributed by atoms with Crippen molar-refractivity contribution in [2.45, 2.75) is 19.4 Å². The number of nitrogens with two attached hydrogens (primary N) is 1. The second kappa shape index (κ2) is 6.07. The Balaban J connectivity index is 2.28. The van der Waals surface area contributed by atoms with Crippen LogP contribution in [-0.4, -0.2) is 0 Å². The highest BCUT2D eigenvalue weighted by Gasteiger charge is 2.16. The number of hydrogen-bond acceptors (Lipinski definition) is 2. The van der Waals surface area contributed by atoms with Crippen LogP contribution in [0.25, 0.3) is 0 Å². The maximum atomic E-state index is 13.6. The van der Waals surface area contributed by atoms with E-state index >= 15 is 0 Å². The minimum atomic E-state index is -0.909. The largest absolute Gasteiger partial charge is 0.271 e. The first kappa shape index (κ1) is 14.6. The fraction of sp³-hybridized carbons (Fsp3) is 0.200. The molecule has 3 N–H and O–H groups in total. The Morgan fingerprint density at radius 2 is 1.85 bits per heavy atom. The van der Waals surface area contributed by atoms with Gasteiger partial charge in [0.15, 0.2) is 11.6 Å². The van der Waals surface area contributed by atoms with Gasteiger partial charge >= 0.3 is 0 Å². The van der Waals surface area contributed by atoms with Gasteiger partial charge in [0.2, 0.25) is 0 Å². The van der Waals surface area contributed by atoms with Gasteiger partial charge in [0, 0.05) is 0 Å². The normalized spacial score (nSPS) is 12.4. The van der Waals surface area contributed by atoms with Crippen LogP contribution in [-0.2, 0) is 6.42 Å². The van der Waals surface area contributed by atoms with Crippen LogP contribution >= 0.6 is 0 Å². The van der Waals surface area contributed by atoms with Crippen LogP contribution in [0.5, 0.6) is 0 Å². The first-order valence-corrected chi connectivity index (χ1v) is 6.18. The van der Waals surface area contributed by atoms with E-state index in [0.29, 0.717) is 11.1 Å². The molecule has 0 heterocycles. The van der Waals surface area contributed by atoms with Gasteiger partial charge in [-0.3, -0.25) is 11.3 Å². The first-order chi connectivity index (χ1) is 9.52. The van der Waals surface area contributed by atoms with Crippen molar-refractivity contribution < 1.29 is 13.2 Å². The third kappa shape index (κ3) is 3.00. The summed E-state index contributed by atoms with van der Waals surface area (Å²) < 4.78 is 40.4. The van der Waals surface area contributed by atoms with Crippen LogP contribution in [0.4, 0.5) is 13.2 Å². The molecule has 2 rings (SSSR count). The van der Waals surface area contributed by atoms with Crippen LogP contribution in [0.2, 0.25) is 0 Å². The molecule has 2 aromatic rings. The highest BCUT2D eigenvalue weighted by atomic mass is 19.2. The van der Waals surface area contributed by atoms with E-state index in [1.165, 1.54) is 18.2 Å². The van der Waals surface area contributed by atoms with Crippen molar-refractivity contribution in [1.29, 1.82) is 0 Å². The molecule has 1 atom stereocenters. The predicted octanol–water partition coefficient (Wildman–Crippen LogP) is 3.16. The van der Waals surface area contributed by atoms with Gasteiger partial charge < -0.3 is 0 Å². The molecule has 20 heavy (non-hydrogen) atoms. The third-order valence-electron chi connectivity index (χ3n) is 3.26. The van der Waals surface area contributed by atoms with Crippen LogP contribution in [0.3, 0.4) is 0 Å². The maximum absolute atomic E-state index is 13.6. The third-order valence-corrected chi connectivity index (χ3v) is 3.26. The summed E-state index contributed by atoms with van der Waals surface area (Å²) in [6, 6.07) is 8.13. The minimum absolute atomic E-state index is 0.128. The van der Waals surface area contributed by atoms with Gasteiger partial charge in [0.25, 0.3) is 0 Å². The van der Waals surface area contributed by atoms with Crippen molar-refractivity contribution in [2.75, 3.05) is 0 Å². The van der Waals surface area contributed by atoms with Crippen LogP contribution in [0.1, 0.15) is 22.7 Å². The van der Waals surface area contributed by atoms with E-state index < -0.39 is 17.7 Å². The fourth-order valence-electron chi connectivity index (χ4n) is 2.02. The van der Waals surface area contributed by atoms with Crippen molar-refractivity contribution in [3.05, 3.63) is 70.5 Å².